The highest BCUT2D eigenvalue weighted by Crippen LogP contribution is 2.22. The minimum atomic E-state index is -1.13. The predicted octanol–water partition coefficient (Wildman–Crippen LogP) is 3.39. The normalized spacial score (nSPS) is 10.2. The summed E-state index contributed by atoms with van der Waals surface area (Å²) < 4.78 is 13.3. The molecule has 0 bridgehead atoms. The molecule has 4 nitrogen and oxygen atoms in total. The van der Waals surface area contributed by atoms with Gasteiger partial charge in [-0.2, -0.15) is 0 Å². The second-order valence-corrected chi connectivity index (χ2v) is 4.77. The van der Waals surface area contributed by atoms with Crippen LogP contribution >= 0.6 is 0 Å². The topological polar surface area (TPSA) is 66.4 Å². The van der Waals surface area contributed by atoms with E-state index in [9.17, 15) is 14.0 Å². The van der Waals surface area contributed by atoms with Gasteiger partial charge < -0.3 is 10.4 Å². The first-order valence-electron chi connectivity index (χ1n) is 6.30. The van der Waals surface area contributed by atoms with Crippen molar-refractivity contribution in [3.8, 4) is 0 Å². The summed E-state index contributed by atoms with van der Waals surface area (Å²) in [5.41, 5.74) is 1.60. The molecule has 0 unspecified atom stereocenters. The van der Waals surface area contributed by atoms with Crippen molar-refractivity contribution in [2.24, 2.45) is 0 Å². The van der Waals surface area contributed by atoms with Gasteiger partial charge in [-0.1, -0.05) is 12.1 Å². The van der Waals surface area contributed by atoms with E-state index in [1.54, 1.807) is 26.0 Å². The maximum absolute atomic E-state index is 13.3. The molecule has 2 aromatic carbocycles. The van der Waals surface area contributed by atoms with Crippen LogP contribution in [0.2, 0.25) is 0 Å². The van der Waals surface area contributed by atoms with Gasteiger partial charge in [-0.3, -0.25) is 4.79 Å². The highest BCUT2D eigenvalue weighted by atomic mass is 19.1. The number of halogens is 1. The molecule has 0 saturated heterocycles. The number of hydrogen-bond donors (Lipinski definition) is 2. The van der Waals surface area contributed by atoms with E-state index in [1.807, 2.05) is 0 Å². The fourth-order valence-corrected chi connectivity index (χ4v) is 2.07. The van der Waals surface area contributed by atoms with Crippen LogP contribution in [-0.4, -0.2) is 17.0 Å². The van der Waals surface area contributed by atoms with E-state index in [0.717, 1.165) is 6.07 Å². The summed E-state index contributed by atoms with van der Waals surface area (Å²) in [5, 5.41) is 11.7. The van der Waals surface area contributed by atoms with Gasteiger partial charge in [0.15, 0.2) is 0 Å². The number of carbonyl (C=O) groups is 2. The number of carbonyl (C=O) groups excluding carboxylic acids is 1. The lowest BCUT2D eigenvalue weighted by Gasteiger charge is -2.12. The molecule has 0 aliphatic carbocycles. The first kappa shape index (κ1) is 14.7. The highest BCUT2D eigenvalue weighted by Gasteiger charge is 2.16. The second-order valence-electron chi connectivity index (χ2n) is 4.77. The maximum Gasteiger partial charge on any atom is 0.337 e. The van der Waals surface area contributed by atoms with E-state index in [-0.39, 0.29) is 16.8 Å². The van der Waals surface area contributed by atoms with Crippen LogP contribution in [0.15, 0.2) is 36.4 Å². The van der Waals surface area contributed by atoms with Crippen LogP contribution in [-0.2, 0) is 0 Å². The largest absolute Gasteiger partial charge is 0.478 e. The van der Waals surface area contributed by atoms with Crippen molar-refractivity contribution >= 4 is 17.6 Å². The highest BCUT2D eigenvalue weighted by molar-refractivity contribution is 6.08. The molecule has 5 heteroatoms. The predicted molar refractivity (Wildman–Crippen MR) is 77.2 cm³/mol. The first-order chi connectivity index (χ1) is 9.88. The average Bonchev–Trinajstić information content (AvgIpc) is 2.39. The summed E-state index contributed by atoms with van der Waals surface area (Å²) in [4.78, 5) is 23.4. The molecule has 0 aliphatic heterocycles. The number of rotatable bonds is 3. The lowest BCUT2D eigenvalue weighted by molar-refractivity contribution is 0.0698. The Morgan fingerprint density at radius 3 is 2.48 bits per heavy atom. The number of benzene rings is 2. The number of carboxylic acids is 1. The average molecular weight is 287 g/mol. The molecule has 108 valence electrons. The van der Waals surface area contributed by atoms with Crippen molar-refractivity contribution in [2.75, 3.05) is 5.32 Å². The summed E-state index contributed by atoms with van der Waals surface area (Å²) in [5.74, 6) is -2.19. The van der Waals surface area contributed by atoms with Crippen LogP contribution in [0.25, 0.3) is 0 Å². The zero-order valence-electron chi connectivity index (χ0n) is 11.6. The van der Waals surface area contributed by atoms with Crippen molar-refractivity contribution in [2.45, 2.75) is 13.8 Å². The van der Waals surface area contributed by atoms with Crippen molar-refractivity contribution < 1.29 is 19.1 Å². The van der Waals surface area contributed by atoms with Gasteiger partial charge in [0.2, 0.25) is 0 Å². The number of aryl methyl sites for hydroxylation is 2. The molecule has 0 spiro atoms. The van der Waals surface area contributed by atoms with E-state index in [2.05, 4.69) is 5.32 Å². The van der Waals surface area contributed by atoms with Gasteiger partial charge in [0.25, 0.3) is 5.91 Å². The zero-order chi connectivity index (χ0) is 15.6. The number of anilines is 1. The SMILES string of the molecule is Cc1cc(F)cc(C(=O)Nc2c(C)cccc2C(=O)O)c1. The van der Waals surface area contributed by atoms with Gasteiger partial charge in [-0.25, -0.2) is 9.18 Å². The van der Waals surface area contributed by atoms with Gasteiger partial charge in [0.05, 0.1) is 11.3 Å². The number of carboxylic acid groups (broad SMARTS) is 1. The summed E-state index contributed by atoms with van der Waals surface area (Å²) in [6.07, 6.45) is 0. The fourth-order valence-electron chi connectivity index (χ4n) is 2.07. The summed E-state index contributed by atoms with van der Waals surface area (Å²) in [6.45, 7) is 3.37. The van der Waals surface area contributed by atoms with Crippen molar-refractivity contribution in [3.63, 3.8) is 0 Å². The van der Waals surface area contributed by atoms with Gasteiger partial charge in [-0.15, -0.1) is 0 Å². The Kier molecular flexibility index (Phi) is 4.03. The molecule has 0 atom stereocenters. The van der Waals surface area contributed by atoms with Crippen LogP contribution < -0.4 is 5.32 Å². The van der Waals surface area contributed by atoms with E-state index < -0.39 is 17.7 Å². The molecule has 0 radical (unpaired) electrons. The monoisotopic (exact) mass is 287 g/mol. The smallest absolute Gasteiger partial charge is 0.337 e. The molecular formula is C16H14FNO3. The Morgan fingerprint density at radius 1 is 1.14 bits per heavy atom. The third-order valence-corrected chi connectivity index (χ3v) is 3.05. The second kappa shape index (κ2) is 5.75. The molecule has 0 fully saturated rings. The van der Waals surface area contributed by atoms with E-state index in [0.29, 0.717) is 11.1 Å². The molecule has 2 aromatic rings. The zero-order valence-corrected chi connectivity index (χ0v) is 11.6. The maximum atomic E-state index is 13.3. The van der Waals surface area contributed by atoms with E-state index >= 15 is 0 Å². The fraction of sp³-hybridized carbons (Fsp3) is 0.125. The summed E-state index contributed by atoms with van der Waals surface area (Å²) >= 11 is 0. The first-order valence-corrected chi connectivity index (χ1v) is 6.30. The Bertz CT molecular complexity index is 705. The van der Waals surface area contributed by atoms with Gasteiger partial charge in [0, 0.05) is 5.56 Å². The minimum absolute atomic E-state index is 0.00326. The van der Waals surface area contributed by atoms with Crippen LogP contribution in [0, 0.1) is 19.7 Å². The molecule has 0 aliphatic rings. The van der Waals surface area contributed by atoms with Crippen LogP contribution in [0.5, 0.6) is 0 Å². The molecule has 0 aromatic heterocycles. The van der Waals surface area contributed by atoms with Crippen LogP contribution in [0.3, 0.4) is 0 Å². The lowest BCUT2D eigenvalue weighted by atomic mass is 10.1. The van der Waals surface area contributed by atoms with E-state index in [1.165, 1.54) is 18.2 Å². The molecule has 1 amide bonds. The quantitative estimate of drug-likeness (QED) is 0.909. The third-order valence-electron chi connectivity index (χ3n) is 3.05. The number of hydrogen-bond acceptors (Lipinski definition) is 2. The van der Waals surface area contributed by atoms with Gasteiger partial charge in [-0.05, 0) is 49.2 Å². The standard InChI is InChI=1S/C16H14FNO3/c1-9-6-11(8-12(17)7-9)15(19)18-14-10(2)4-3-5-13(14)16(20)21/h3-8H,1-2H3,(H,18,19)(H,20,21). The number of nitrogens with one attached hydrogen (secondary N) is 1. The number of aromatic carboxylic acids is 1. The number of amides is 1. The minimum Gasteiger partial charge on any atom is -0.478 e. The van der Waals surface area contributed by atoms with Gasteiger partial charge in [0.1, 0.15) is 5.82 Å². The lowest BCUT2D eigenvalue weighted by Crippen LogP contribution is -2.16. The van der Waals surface area contributed by atoms with E-state index in [4.69, 9.17) is 5.11 Å². The summed E-state index contributed by atoms with van der Waals surface area (Å²) in [6, 6.07) is 8.66. The molecule has 2 rings (SSSR count). The molecule has 0 saturated carbocycles. The number of para-hydroxylation sites is 1. The third kappa shape index (κ3) is 3.25. The van der Waals surface area contributed by atoms with Crippen LogP contribution in [0.1, 0.15) is 31.8 Å². The Labute approximate surface area is 121 Å². The molecule has 21 heavy (non-hydrogen) atoms. The molecule has 0 heterocycles. The van der Waals surface area contributed by atoms with Crippen molar-refractivity contribution in [1.82, 2.24) is 0 Å². The molecular weight excluding hydrogens is 273 g/mol. The van der Waals surface area contributed by atoms with Crippen LogP contribution in [0.4, 0.5) is 10.1 Å². The Balaban J connectivity index is 2.38. The van der Waals surface area contributed by atoms with Crippen molar-refractivity contribution in [1.29, 1.82) is 0 Å². The summed E-state index contributed by atoms with van der Waals surface area (Å²) in [7, 11) is 0. The van der Waals surface area contributed by atoms with Gasteiger partial charge >= 0.3 is 5.97 Å². The Hall–Kier alpha value is -2.69. The Morgan fingerprint density at radius 2 is 1.86 bits per heavy atom. The molecule has 2 N–H and O–H groups in total. The van der Waals surface area contributed by atoms with Crippen molar-refractivity contribution in [3.05, 3.63) is 64.5 Å².